The van der Waals surface area contributed by atoms with Crippen LogP contribution in [0, 0.1) is 0 Å². The van der Waals surface area contributed by atoms with Crippen LogP contribution < -0.4 is 5.32 Å². The number of hydrogen-bond acceptors (Lipinski definition) is 3. The molecule has 2 unspecified atom stereocenters. The summed E-state index contributed by atoms with van der Waals surface area (Å²) in [5.41, 5.74) is 1.42. The lowest BCUT2D eigenvalue weighted by molar-refractivity contribution is 0.0996. The van der Waals surface area contributed by atoms with Crippen molar-refractivity contribution in [3.63, 3.8) is 0 Å². The number of hydrogen-bond donors (Lipinski definition) is 1. The third kappa shape index (κ3) is 5.65. The van der Waals surface area contributed by atoms with Gasteiger partial charge in [-0.2, -0.15) is 0 Å². The quantitative estimate of drug-likeness (QED) is 0.662. The zero-order chi connectivity index (χ0) is 14.9. The molecule has 0 bridgehead atoms. The van der Waals surface area contributed by atoms with E-state index in [1.165, 1.54) is 42.6 Å². The van der Waals surface area contributed by atoms with Gasteiger partial charge in [0.1, 0.15) is 0 Å². The molecule has 2 rings (SSSR count). The van der Waals surface area contributed by atoms with Gasteiger partial charge >= 0.3 is 0 Å². The molecule has 1 N–H and O–H groups in total. The molecule has 1 aromatic carbocycles. The standard InChI is InChI=1S/C18H29NOS/c1-3-13-19-18(12-9-16-6-5-14-20-16)15-7-10-17(11-8-15)21-4-2/h7-8,10-11,16,18-19H,3-6,9,12-14H2,1-2H3. The third-order valence-corrected chi connectivity index (χ3v) is 4.93. The predicted molar refractivity (Wildman–Crippen MR) is 92.1 cm³/mol. The molecule has 1 aliphatic heterocycles. The van der Waals surface area contributed by atoms with Crippen molar-refractivity contribution in [2.45, 2.75) is 63.0 Å². The fourth-order valence-corrected chi connectivity index (χ4v) is 3.55. The molecule has 0 spiro atoms. The summed E-state index contributed by atoms with van der Waals surface area (Å²) in [6.45, 7) is 6.47. The number of benzene rings is 1. The van der Waals surface area contributed by atoms with Crippen molar-refractivity contribution in [1.29, 1.82) is 0 Å². The minimum absolute atomic E-state index is 0.467. The first-order valence-electron chi connectivity index (χ1n) is 8.41. The molecule has 2 atom stereocenters. The van der Waals surface area contributed by atoms with E-state index >= 15 is 0 Å². The number of ether oxygens (including phenoxy) is 1. The highest BCUT2D eigenvalue weighted by Gasteiger charge is 2.18. The first-order valence-corrected chi connectivity index (χ1v) is 9.39. The molecule has 3 heteroatoms. The van der Waals surface area contributed by atoms with Crippen LogP contribution in [-0.4, -0.2) is 25.0 Å². The smallest absolute Gasteiger partial charge is 0.0576 e. The monoisotopic (exact) mass is 307 g/mol. The van der Waals surface area contributed by atoms with Crippen molar-refractivity contribution in [2.75, 3.05) is 18.9 Å². The van der Waals surface area contributed by atoms with Gasteiger partial charge in [-0.05, 0) is 62.1 Å². The van der Waals surface area contributed by atoms with Gasteiger partial charge in [-0.15, -0.1) is 11.8 Å². The second kappa shape index (κ2) is 9.50. The summed E-state index contributed by atoms with van der Waals surface area (Å²) in [6.07, 6.45) is 6.50. The highest BCUT2D eigenvalue weighted by Crippen LogP contribution is 2.26. The van der Waals surface area contributed by atoms with Crippen LogP contribution in [-0.2, 0) is 4.74 Å². The van der Waals surface area contributed by atoms with E-state index in [0.717, 1.165) is 18.9 Å². The first-order chi connectivity index (χ1) is 10.3. The summed E-state index contributed by atoms with van der Waals surface area (Å²) in [6, 6.07) is 9.57. The Hall–Kier alpha value is -0.510. The number of thioether (sulfide) groups is 1. The van der Waals surface area contributed by atoms with Crippen LogP contribution in [0.5, 0.6) is 0 Å². The second-order valence-corrected chi connectivity index (χ2v) is 7.06. The Bertz CT molecular complexity index is 387. The summed E-state index contributed by atoms with van der Waals surface area (Å²) in [5, 5.41) is 3.70. The van der Waals surface area contributed by atoms with Crippen molar-refractivity contribution in [3.05, 3.63) is 29.8 Å². The van der Waals surface area contributed by atoms with E-state index in [4.69, 9.17) is 4.74 Å². The average Bonchev–Trinajstić information content (AvgIpc) is 3.02. The van der Waals surface area contributed by atoms with Gasteiger partial charge < -0.3 is 10.1 Å². The number of rotatable bonds is 9. The van der Waals surface area contributed by atoms with Crippen LogP contribution in [0.25, 0.3) is 0 Å². The van der Waals surface area contributed by atoms with Gasteiger partial charge in [0.2, 0.25) is 0 Å². The highest BCUT2D eigenvalue weighted by atomic mass is 32.2. The summed E-state index contributed by atoms with van der Waals surface area (Å²) in [7, 11) is 0. The maximum Gasteiger partial charge on any atom is 0.0576 e. The minimum Gasteiger partial charge on any atom is -0.378 e. The summed E-state index contributed by atoms with van der Waals surface area (Å²) >= 11 is 1.91. The number of nitrogens with one attached hydrogen (secondary N) is 1. The molecular weight excluding hydrogens is 278 g/mol. The van der Waals surface area contributed by atoms with Gasteiger partial charge in [-0.3, -0.25) is 0 Å². The fraction of sp³-hybridized carbons (Fsp3) is 0.667. The average molecular weight is 308 g/mol. The molecule has 0 radical (unpaired) electrons. The van der Waals surface area contributed by atoms with Gasteiger partial charge in [-0.25, -0.2) is 0 Å². The molecule has 2 nitrogen and oxygen atoms in total. The SMILES string of the molecule is CCCNC(CCC1CCCO1)c1ccc(SCC)cc1. The van der Waals surface area contributed by atoms with E-state index < -0.39 is 0 Å². The van der Waals surface area contributed by atoms with E-state index in [0.29, 0.717) is 12.1 Å². The summed E-state index contributed by atoms with van der Waals surface area (Å²) < 4.78 is 5.76. The van der Waals surface area contributed by atoms with Gasteiger partial charge in [0.25, 0.3) is 0 Å². The molecule has 0 amide bonds. The molecule has 1 saturated heterocycles. The topological polar surface area (TPSA) is 21.3 Å². The van der Waals surface area contributed by atoms with Crippen molar-refractivity contribution >= 4 is 11.8 Å². The van der Waals surface area contributed by atoms with Crippen LogP contribution in [0.3, 0.4) is 0 Å². The van der Waals surface area contributed by atoms with Crippen molar-refractivity contribution in [2.24, 2.45) is 0 Å². The lowest BCUT2D eigenvalue weighted by Gasteiger charge is -2.21. The lowest BCUT2D eigenvalue weighted by Crippen LogP contribution is -2.23. The van der Waals surface area contributed by atoms with Crippen molar-refractivity contribution < 1.29 is 4.74 Å². The van der Waals surface area contributed by atoms with Crippen LogP contribution in [0.15, 0.2) is 29.2 Å². The molecule has 118 valence electrons. The van der Waals surface area contributed by atoms with Crippen molar-refractivity contribution in [3.8, 4) is 0 Å². The Morgan fingerprint density at radius 3 is 2.71 bits per heavy atom. The third-order valence-electron chi connectivity index (χ3n) is 4.04. The fourth-order valence-electron chi connectivity index (χ4n) is 2.89. The molecular formula is C18H29NOS. The van der Waals surface area contributed by atoms with E-state index in [2.05, 4.69) is 43.4 Å². The van der Waals surface area contributed by atoms with Crippen LogP contribution in [0.4, 0.5) is 0 Å². The van der Waals surface area contributed by atoms with E-state index in [1.807, 2.05) is 11.8 Å². The molecule has 1 fully saturated rings. The second-order valence-electron chi connectivity index (χ2n) is 5.72. The largest absolute Gasteiger partial charge is 0.378 e. The molecule has 21 heavy (non-hydrogen) atoms. The van der Waals surface area contributed by atoms with Gasteiger partial charge in [-0.1, -0.05) is 26.0 Å². The Kier molecular flexibility index (Phi) is 7.62. The summed E-state index contributed by atoms with van der Waals surface area (Å²) in [4.78, 5) is 1.37. The van der Waals surface area contributed by atoms with E-state index in [-0.39, 0.29) is 0 Å². The van der Waals surface area contributed by atoms with E-state index in [9.17, 15) is 0 Å². The predicted octanol–water partition coefficient (Wildman–Crippen LogP) is 4.80. The van der Waals surface area contributed by atoms with Crippen LogP contribution in [0.2, 0.25) is 0 Å². The minimum atomic E-state index is 0.467. The molecule has 1 aromatic rings. The first kappa shape index (κ1) is 16.9. The Labute approximate surface area is 134 Å². The molecule has 0 saturated carbocycles. The zero-order valence-electron chi connectivity index (χ0n) is 13.4. The van der Waals surface area contributed by atoms with Crippen LogP contribution >= 0.6 is 11.8 Å². The maximum absolute atomic E-state index is 5.76. The van der Waals surface area contributed by atoms with Gasteiger partial charge in [0, 0.05) is 17.5 Å². The van der Waals surface area contributed by atoms with Gasteiger partial charge in [0.15, 0.2) is 0 Å². The van der Waals surface area contributed by atoms with E-state index in [1.54, 1.807) is 0 Å². The van der Waals surface area contributed by atoms with Crippen LogP contribution in [0.1, 0.15) is 57.6 Å². The van der Waals surface area contributed by atoms with Gasteiger partial charge in [0.05, 0.1) is 6.10 Å². The van der Waals surface area contributed by atoms with Crippen molar-refractivity contribution in [1.82, 2.24) is 5.32 Å². The summed E-state index contributed by atoms with van der Waals surface area (Å²) in [5.74, 6) is 1.13. The molecule has 0 aromatic heterocycles. The Balaban J connectivity index is 1.92. The lowest BCUT2D eigenvalue weighted by atomic mass is 9.99. The zero-order valence-corrected chi connectivity index (χ0v) is 14.3. The maximum atomic E-state index is 5.76. The highest BCUT2D eigenvalue weighted by molar-refractivity contribution is 7.99. The molecule has 1 heterocycles. The molecule has 0 aliphatic carbocycles. The Morgan fingerprint density at radius 2 is 2.10 bits per heavy atom. The normalized spacial score (nSPS) is 19.8. The molecule has 1 aliphatic rings. The Morgan fingerprint density at radius 1 is 1.29 bits per heavy atom.